The molecule has 1 aliphatic rings. The number of rotatable bonds is 2. The van der Waals surface area contributed by atoms with Crippen molar-refractivity contribution >= 4 is 0 Å². The summed E-state index contributed by atoms with van der Waals surface area (Å²) in [6.07, 6.45) is 0.235. The molecule has 1 N–H and O–H groups in total. The van der Waals surface area contributed by atoms with Gasteiger partial charge < -0.3 is 14.8 Å². The fourth-order valence-corrected chi connectivity index (χ4v) is 1.13. The Labute approximate surface area is 61.7 Å². The molecule has 60 valence electrons. The molecule has 2 unspecified atom stereocenters. The molecule has 0 aromatic rings. The van der Waals surface area contributed by atoms with Crippen molar-refractivity contribution in [2.45, 2.75) is 19.1 Å². The van der Waals surface area contributed by atoms with Crippen LogP contribution in [-0.4, -0.2) is 39.0 Å². The van der Waals surface area contributed by atoms with E-state index in [0.717, 1.165) is 13.2 Å². The third-order valence-corrected chi connectivity index (χ3v) is 1.79. The second kappa shape index (κ2) is 3.91. The van der Waals surface area contributed by atoms with Gasteiger partial charge in [0.05, 0.1) is 19.3 Å². The zero-order valence-corrected chi connectivity index (χ0v) is 6.59. The average molecular weight is 145 g/mol. The van der Waals surface area contributed by atoms with E-state index in [1.54, 1.807) is 7.11 Å². The second-order valence-corrected chi connectivity index (χ2v) is 2.61. The van der Waals surface area contributed by atoms with Gasteiger partial charge in [-0.1, -0.05) is 0 Å². The minimum absolute atomic E-state index is 0.235. The van der Waals surface area contributed by atoms with E-state index < -0.39 is 0 Å². The first-order chi connectivity index (χ1) is 4.84. The molecule has 10 heavy (non-hydrogen) atoms. The Morgan fingerprint density at radius 1 is 1.70 bits per heavy atom. The molecule has 2 atom stereocenters. The molecule has 0 aliphatic carbocycles. The van der Waals surface area contributed by atoms with Gasteiger partial charge in [-0.3, -0.25) is 0 Å². The quantitative estimate of drug-likeness (QED) is 0.593. The summed E-state index contributed by atoms with van der Waals surface area (Å²) in [6.45, 7) is 4.57. The molecule has 0 radical (unpaired) electrons. The summed E-state index contributed by atoms with van der Waals surface area (Å²) in [5.41, 5.74) is 0. The number of methoxy groups -OCH3 is 1. The van der Waals surface area contributed by atoms with E-state index >= 15 is 0 Å². The van der Waals surface area contributed by atoms with Crippen LogP contribution in [0, 0.1) is 0 Å². The van der Waals surface area contributed by atoms with Crippen LogP contribution in [0.2, 0.25) is 0 Å². The van der Waals surface area contributed by atoms with E-state index in [4.69, 9.17) is 9.47 Å². The summed E-state index contributed by atoms with van der Waals surface area (Å²) in [6, 6.07) is 0.425. The lowest BCUT2D eigenvalue weighted by Gasteiger charge is -2.29. The Morgan fingerprint density at radius 2 is 2.50 bits per heavy atom. The number of nitrogens with one attached hydrogen (secondary N) is 1. The van der Waals surface area contributed by atoms with Crippen molar-refractivity contribution in [3.8, 4) is 0 Å². The molecule has 3 nitrogen and oxygen atoms in total. The van der Waals surface area contributed by atoms with Crippen molar-refractivity contribution < 1.29 is 9.47 Å². The molecule has 0 aromatic carbocycles. The SMILES string of the molecule is COCC1OCCNC1C. The van der Waals surface area contributed by atoms with Gasteiger partial charge in [-0.15, -0.1) is 0 Å². The Balaban J connectivity index is 2.25. The van der Waals surface area contributed by atoms with Crippen molar-refractivity contribution in [1.29, 1.82) is 0 Å². The Kier molecular flexibility index (Phi) is 3.12. The predicted molar refractivity (Wildman–Crippen MR) is 39.1 cm³/mol. The summed E-state index contributed by atoms with van der Waals surface area (Å²) in [7, 11) is 1.70. The van der Waals surface area contributed by atoms with Crippen LogP contribution in [0.4, 0.5) is 0 Å². The van der Waals surface area contributed by atoms with Crippen LogP contribution in [0.25, 0.3) is 0 Å². The summed E-state index contributed by atoms with van der Waals surface area (Å²) >= 11 is 0. The molecule has 0 saturated carbocycles. The van der Waals surface area contributed by atoms with Crippen molar-refractivity contribution in [1.82, 2.24) is 5.32 Å². The molecule has 1 aliphatic heterocycles. The molecule has 1 fully saturated rings. The zero-order valence-electron chi connectivity index (χ0n) is 6.59. The van der Waals surface area contributed by atoms with Gasteiger partial charge in [-0.2, -0.15) is 0 Å². The van der Waals surface area contributed by atoms with Crippen molar-refractivity contribution in [2.24, 2.45) is 0 Å². The van der Waals surface area contributed by atoms with Crippen LogP contribution in [0.5, 0.6) is 0 Å². The lowest BCUT2D eigenvalue weighted by molar-refractivity contribution is -0.0410. The standard InChI is InChI=1S/C7H15NO2/c1-6-7(5-9-2)10-4-3-8-6/h6-8H,3-5H2,1-2H3. The molecule has 1 heterocycles. The van der Waals surface area contributed by atoms with E-state index in [0.29, 0.717) is 12.6 Å². The fraction of sp³-hybridized carbons (Fsp3) is 1.00. The summed E-state index contributed by atoms with van der Waals surface area (Å²) in [5, 5.41) is 3.31. The van der Waals surface area contributed by atoms with Crippen molar-refractivity contribution in [3.05, 3.63) is 0 Å². The Morgan fingerprint density at radius 3 is 3.10 bits per heavy atom. The van der Waals surface area contributed by atoms with Gasteiger partial charge in [-0.05, 0) is 6.92 Å². The lowest BCUT2D eigenvalue weighted by atomic mass is 10.2. The topological polar surface area (TPSA) is 30.5 Å². The fourth-order valence-electron chi connectivity index (χ4n) is 1.13. The molecular weight excluding hydrogens is 130 g/mol. The van der Waals surface area contributed by atoms with Gasteiger partial charge in [0.1, 0.15) is 0 Å². The molecule has 0 spiro atoms. The maximum atomic E-state index is 5.44. The van der Waals surface area contributed by atoms with Gasteiger partial charge in [-0.25, -0.2) is 0 Å². The van der Waals surface area contributed by atoms with Crippen molar-refractivity contribution in [2.75, 3.05) is 26.9 Å². The number of hydrogen-bond donors (Lipinski definition) is 1. The number of morpholine rings is 1. The van der Waals surface area contributed by atoms with Crippen LogP contribution >= 0.6 is 0 Å². The maximum absolute atomic E-state index is 5.44. The third-order valence-electron chi connectivity index (χ3n) is 1.79. The van der Waals surface area contributed by atoms with E-state index in [-0.39, 0.29) is 6.10 Å². The molecule has 0 aromatic heterocycles. The van der Waals surface area contributed by atoms with Gasteiger partial charge in [0.15, 0.2) is 0 Å². The first kappa shape index (κ1) is 7.98. The van der Waals surface area contributed by atoms with Gasteiger partial charge in [0.25, 0.3) is 0 Å². The van der Waals surface area contributed by atoms with E-state index in [1.165, 1.54) is 0 Å². The highest BCUT2D eigenvalue weighted by Gasteiger charge is 2.20. The van der Waals surface area contributed by atoms with Crippen LogP contribution in [0.3, 0.4) is 0 Å². The highest BCUT2D eigenvalue weighted by molar-refractivity contribution is 4.75. The summed E-state index contributed by atoms with van der Waals surface area (Å²) in [5.74, 6) is 0. The zero-order chi connectivity index (χ0) is 7.40. The highest BCUT2D eigenvalue weighted by atomic mass is 16.5. The molecule has 1 saturated heterocycles. The van der Waals surface area contributed by atoms with Gasteiger partial charge in [0.2, 0.25) is 0 Å². The molecule has 1 rings (SSSR count). The minimum atomic E-state index is 0.235. The molecule has 3 heteroatoms. The van der Waals surface area contributed by atoms with Gasteiger partial charge >= 0.3 is 0 Å². The van der Waals surface area contributed by atoms with E-state index in [9.17, 15) is 0 Å². The smallest absolute Gasteiger partial charge is 0.0958 e. The lowest BCUT2D eigenvalue weighted by Crippen LogP contribution is -2.48. The largest absolute Gasteiger partial charge is 0.382 e. The summed E-state index contributed by atoms with van der Waals surface area (Å²) < 4.78 is 10.4. The molecule has 0 bridgehead atoms. The van der Waals surface area contributed by atoms with Crippen molar-refractivity contribution in [3.63, 3.8) is 0 Å². The molecular formula is C7H15NO2. The number of ether oxygens (including phenoxy) is 2. The second-order valence-electron chi connectivity index (χ2n) is 2.61. The summed E-state index contributed by atoms with van der Waals surface area (Å²) in [4.78, 5) is 0. The monoisotopic (exact) mass is 145 g/mol. The first-order valence-corrected chi connectivity index (χ1v) is 3.68. The first-order valence-electron chi connectivity index (χ1n) is 3.68. The highest BCUT2D eigenvalue weighted by Crippen LogP contribution is 2.03. The Hall–Kier alpha value is -0.120. The van der Waals surface area contributed by atoms with E-state index in [1.807, 2.05) is 0 Å². The van der Waals surface area contributed by atoms with Crippen LogP contribution < -0.4 is 5.32 Å². The van der Waals surface area contributed by atoms with Gasteiger partial charge in [0, 0.05) is 19.7 Å². The minimum Gasteiger partial charge on any atom is -0.382 e. The normalized spacial score (nSPS) is 34.2. The average Bonchev–Trinajstić information content (AvgIpc) is 1.94. The van der Waals surface area contributed by atoms with Crippen LogP contribution in [0.1, 0.15) is 6.92 Å². The third kappa shape index (κ3) is 1.94. The van der Waals surface area contributed by atoms with Crippen LogP contribution in [-0.2, 0) is 9.47 Å². The van der Waals surface area contributed by atoms with Crippen LogP contribution in [0.15, 0.2) is 0 Å². The maximum Gasteiger partial charge on any atom is 0.0958 e. The van der Waals surface area contributed by atoms with E-state index in [2.05, 4.69) is 12.2 Å². The predicted octanol–water partition coefficient (Wildman–Crippen LogP) is 0.00970. The molecule has 0 amide bonds. The Bertz CT molecular complexity index is 95.6. The number of hydrogen-bond acceptors (Lipinski definition) is 3.